The summed E-state index contributed by atoms with van der Waals surface area (Å²) in [5, 5.41) is 24.2. The number of phenols is 1. The number of hydrogen-bond donors (Lipinski definition) is 6. The lowest BCUT2D eigenvalue weighted by Crippen LogP contribution is -2.58. The number of carbonyl (C=O) groups excluding carboxylic acids is 3. The van der Waals surface area contributed by atoms with Gasteiger partial charge in [-0.15, -0.1) is 0 Å². The highest BCUT2D eigenvalue weighted by molar-refractivity contribution is 5.94. The highest BCUT2D eigenvalue weighted by Gasteiger charge is 2.39. The molecule has 1 aliphatic rings. The van der Waals surface area contributed by atoms with Gasteiger partial charge in [0.15, 0.2) is 0 Å². The zero-order valence-electron chi connectivity index (χ0n) is 21.0. The van der Waals surface area contributed by atoms with Gasteiger partial charge in [-0.3, -0.25) is 14.4 Å². The quantitative estimate of drug-likeness (QED) is 0.203. The lowest BCUT2D eigenvalue weighted by Gasteiger charge is -2.31. The molecule has 1 aromatic rings. The van der Waals surface area contributed by atoms with Gasteiger partial charge in [0.25, 0.3) is 0 Å². The number of aromatic hydroxyl groups is 1. The van der Waals surface area contributed by atoms with Crippen LogP contribution in [0.3, 0.4) is 0 Å². The fraction of sp³-hybridized carbons (Fsp3) is 0.600. The van der Waals surface area contributed by atoms with Crippen LogP contribution in [-0.4, -0.2) is 76.1 Å². The van der Waals surface area contributed by atoms with Crippen LogP contribution in [0.25, 0.3) is 0 Å². The molecule has 0 saturated carbocycles. The van der Waals surface area contributed by atoms with Crippen molar-refractivity contribution in [3.05, 3.63) is 29.8 Å². The van der Waals surface area contributed by atoms with Gasteiger partial charge in [0.2, 0.25) is 17.7 Å². The van der Waals surface area contributed by atoms with E-state index in [-0.39, 0.29) is 24.5 Å². The number of amides is 3. The number of aliphatic carboxylic acids is 1. The maximum absolute atomic E-state index is 13.4. The van der Waals surface area contributed by atoms with Gasteiger partial charge in [0.1, 0.15) is 23.9 Å². The molecule has 11 nitrogen and oxygen atoms in total. The number of carbonyl (C=O) groups is 4. The molecule has 1 fully saturated rings. The van der Waals surface area contributed by atoms with Crippen molar-refractivity contribution in [2.24, 2.45) is 17.4 Å². The Morgan fingerprint density at radius 1 is 1.11 bits per heavy atom. The van der Waals surface area contributed by atoms with Gasteiger partial charge < -0.3 is 37.2 Å². The molecule has 3 amide bonds. The standard InChI is InChI=1S/C25H39N5O6/c1-15(2)21(29-22(32)18(27)14-16-8-10-17(31)11-9-16)24(34)30-13-5-7-20(30)23(33)28-19(25(35)36)6-3-4-12-26/h8-11,15,18-21,31H,3-7,12-14,26-27H2,1-2H3,(H,28,33)(H,29,32)(H,35,36). The Morgan fingerprint density at radius 3 is 2.36 bits per heavy atom. The zero-order chi connectivity index (χ0) is 26.8. The minimum Gasteiger partial charge on any atom is -0.508 e. The SMILES string of the molecule is CC(C)C(NC(=O)C(N)Cc1ccc(O)cc1)C(=O)N1CCCC1C(=O)NC(CCCCN)C(=O)O. The number of nitrogens with two attached hydrogens (primary N) is 2. The molecule has 1 saturated heterocycles. The Bertz CT molecular complexity index is 907. The van der Waals surface area contributed by atoms with Gasteiger partial charge in [-0.1, -0.05) is 26.0 Å². The van der Waals surface area contributed by atoms with Crippen LogP contribution in [0.2, 0.25) is 0 Å². The fourth-order valence-corrected chi connectivity index (χ4v) is 4.25. The maximum Gasteiger partial charge on any atom is 0.326 e. The Hall–Kier alpha value is -3.18. The molecule has 1 aromatic carbocycles. The summed E-state index contributed by atoms with van der Waals surface area (Å²) in [6.07, 6.45) is 2.69. The van der Waals surface area contributed by atoms with Crippen LogP contribution in [0.1, 0.15) is 51.5 Å². The van der Waals surface area contributed by atoms with Crippen molar-refractivity contribution in [3.8, 4) is 5.75 Å². The summed E-state index contributed by atoms with van der Waals surface area (Å²) >= 11 is 0. The molecule has 1 heterocycles. The first-order valence-corrected chi connectivity index (χ1v) is 12.4. The second-order valence-corrected chi connectivity index (χ2v) is 9.58. The van der Waals surface area contributed by atoms with E-state index in [1.807, 2.05) is 0 Å². The minimum absolute atomic E-state index is 0.108. The predicted octanol–water partition coefficient (Wildman–Crippen LogP) is 0.0922. The molecule has 4 unspecified atom stereocenters. The molecule has 1 aliphatic heterocycles. The number of carboxylic acid groups (broad SMARTS) is 1. The molecular formula is C25H39N5O6. The number of hydrogen-bond acceptors (Lipinski definition) is 7. The van der Waals surface area contributed by atoms with E-state index in [0.717, 1.165) is 5.56 Å². The topological polar surface area (TPSA) is 188 Å². The van der Waals surface area contributed by atoms with Crippen molar-refractivity contribution in [2.45, 2.75) is 76.5 Å². The maximum atomic E-state index is 13.4. The summed E-state index contributed by atoms with van der Waals surface area (Å²) in [5.74, 6) is -2.71. The summed E-state index contributed by atoms with van der Waals surface area (Å²) in [6, 6.07) is 2.68. The van der Waals surface area contributed by atoms with E-state index in [9.17, 15) is 29.4 Å². The van der Waals surface area contributed by atoms with Crippen LogP contribution in [0.15, 0.2) is 24.3 Å². The van der Waals surface area contributed by atoms with Gasteiger partial charge in [-0.25, -0.2) is 4.79 Å². The van der Waals surface area contributed by atoms with Crippen molar-refractivity contribution in [1.82, 2.24) is 15.5 Å². The van der Waals surface area contributed by atoms with Crippen molar-refractivity contribution in [2.75, 3.05) is 13.1 Å². The zero-order valence-corrected chi connectivity index (χ0v) is 21.0. The van der Waals surface area contributed by atoms with Crippen molar-refractivity contribution < 1.29 is 29.4 Å². The molecule has 0 aromatic heterocycles. The van der Waals surface area contributed by atoms with E-state index >= 15 is 0 Å². The fourth-order valence-electron chi connectivity index (χ4n) is 4.25. The molecule has 0 bridgehead atoms. The summed E-state index contributed by atoms with van der Waals surface area (Å²) in [4.78, 5) is 52.2. The van der Waals surface area contributed by atoms with Gasteiger partial charge in [-0.05, 0) is 68.7 Å². The molecule has 200 valence electrons. The number of unbranched alkanes of at least 4 members (excludes halogenated alkanes) is 1. The van der Waals surface area contributed by atoms with Crippen LogP contribution in [0, 0.1) is 5.92 Å². The Kier molecular flexibility index (Phi) is 11.1. The van der Waals surface area contributed by atoms with Crippen LogP contribution in [0.5, 0.6) is 5.75 Å². The average Bonchev–Trinajstić information content (AvgIpc) is 3.32. The highest BCUT2D eigenvalue weighted by Crippen LogP contribution is 2.21. The minimum atomic E-state index is -1.13. The van der Waals surface area contributed by atoms with Crippen LogP contribution in [-0.2, 0) is 25.6 Å². The van der Waals surface area contributed by atoms with Gasteiger partial charge in [0.05, 0.1) is 6.04 Å². The van der Waals surface area contributed by atoms with E-state index in [1.165, 1.54) is 17.0 Å². The van der Waals surface area contributed by atoms with E-state index < -0.39 is 47.9 Å². The summed E-state index contributed by atoms with van der Waals surface area (Å²) in [7, 11) is 0. The molecule has 4 atom stereocenters. The second-order valence-electron chi connectivity index (χ2n) is 9.58. The molecular weight excluding hydrogens is 466 g/mol. The van der Waals surface area contributed by atoms with E-state index in [2.05, 4.69) is 10.6 Å². The van der Waals surface area contributed by atoms with Gasteiger partial charge in [-0.2, -0.15) is 0 Å². The monoisotopic (exact) mass is 505 g/mol. The van der Waals surface area contributed by atoms with Crippen LogP contribution in [0.4, 0.5) is 0 Å². The van der Waals surface area contributed by atoms with Crippen molar-refractivity contribution >= 4 is 23.7 Å². The highest BCUT2D eigenvalue weighted by atomic mass is 16.4. The summed E-state index contributed by atoms with van der Waals surface area (Å²) < 4.78 is 0. The Morgan fingerprint density at radius 2 is 1.78 bits per heavy atom. The molecule has 11 heteroatoms. The number of phenolic OH excluding ortho intramolecular Hbond substituents is 1. The average molecular weight is 506 g/mol. The third-order valence-corrected chi connectivity index (χ3v) is 6.36. The Labute approximate surface area is 211 Å². The number of carboxylic acids is 1. The number of nitrogens with one attached hydrogen (secondary N) is 2. The van der Waals surface area contributed by atoms with Crippen LogP contribution < -0.4 is 22.1 Å². The number of nitrogens with zero attached hydrogens (tertiary/aromatic N) is 1. The molecule has 0 spiro atoms. The first-order valence-electron chi connectivity index (χ1n) is 12.4. The molecule has 36 heavy (non-hydrogen) atoms. The predicted molar refractivity (Wildman–Crippen MR) is 134 cm³/mol. The smallest absolute Gasteiger partial charge is 0.326 e. The number of likely N-dealkylation sites (tertiary alicyclic amines) is 1. The molecule has 8 N–H and O–H groups in total. The molecule has 0 aliphatic carbocycles. The van der Waals surface area contributed by atoms with Crippen molar-refractivity contribution in [3.63, 3.8) is 0 Å². The summed E-state index contributed by atoms with van der Waals surface area (Å²) in [6.45, 7) is 4.35. The third kappa shape index (κ3) is 8.20. The van der Waals surface area contributed by atoms with E-state index in [1.54, 1.807) is 26.0 Å². The first kappa shape index (κ1) is 29.1. The third-order valence-electron chi connectivity index (χ3n) is 6.36. The van der Waals surface area contributed by atoms with Crippen LogP contribution >= 0.6 is 0 Å². The Balaban J connectivity index is 2.04. The summed E-state index contributed by atoms with van der Waals surface area (Å²) in [5.41, 5.74) is 12.3. The first-order chi connectivity index (χ1) is 17.0. The molecule has 2 rings (SSSR count). The molecule has 0 radical (unpaired) electrons. The lowest BCUT2D eigenvalue weighted by molar-refractivity contribution is -0.145. The van der Waals surface area contributed by atoms with Crippen molar-refractivity contribution in [1.29, 1.82) is 0 Å². The number of rotatable bonds is 13. The van der Waals surface area contributed by atoms with E-state index in [4.69, 9.17) is 11.5 Å². The van der Waals surface area contributed by atoms with Gasteiger partial charge in [0, 0.05) is 6.54 Å². The van der Waals surface area contributed by atoms with Gasteiger partial charge >= 0.3 is 5.97 Å². The second kappa shape index (κ2) is 13.8. The normalized spacial score (nSPS) is 17.9. The van der Waals surface area contributed by atoms with E-state index in [0.29, 0.717) is 38.8 Å². The lowest BCUT2D eigenvalue weighted by atomic mass is 10.00. The largest absolute Gasteiger partial charge is 0.508 e. The number of benzene rings is 1.